The summed E-state index contributed by atoms with van der Waals surface area (Å²) in [7, 11) is 0. The minimum atomic E-state index is 0.357. The van der Waals surface area contributed by atoms with Gasteiger partial charge in [-0.05, 0) is 47.5 Å². The van der Waals surface area contributed by atoms with Gasteiger partial charge >= 0.3 is 0 Å². The summed E-state index contributed by atoms with van der Waals surface area (Å²) in [5.74, 6) is 1.97. The average molecular weight is 495 g/mol. The fraction of sp³-hybridized carbons (Fsp3) is 0.381. The van der Waals surface area contributed by atoms with Crippen LogP contribution in [0.3, 0.4) is 0 Å². The van der Waals surface area contributed by atoms with Crippen LogP contribution in [0, 0.1) is 0 Å². The van der Waals surface area contributed by atoms with Crippen LogP contribution < -0.4 is 14.8 Å². The van der Waals surface area contributed by atoms with Gasteiger partial charge in [0.2, 0.25) is 5.95 Å². The van der Waals surface area contributed by atoms with Crippen molar-refractivity contribution in [2.45, 2.75) is 46.4 Å². The lowest BCUT2D eigenvalue weighted by Crippen LogP contribution is -2.10. The molecule has 160 valence electrons. The van der Waals surface area contributed by atoms with Gasteiger partial charge in [0.1, 0.15) is 6.61 Å². The van der Waals surface area contributed by atoms with E-state index in [2.05, 4.69) is 43.7 Å². The van der Waals surface area contributed by atoms with Crippen molar-refractivity contribution in [3.05, 3.63) is 57.0 Å². The third-order valence-corrected chi connectivity index (χ3v) is 5.55. The Balaban J connectivity index is 1.72. The largest absolute Gasteiger partial charge is 0.490 e. The van der Waals surface area contributed by atoms with Gasteiger partial charge < -0.3 is 14.8 Å². The summed E-state index contributed by atoms with van der Waals surface area (Å²) in [6.07, 6.45) is 2.10. The number of rotatable bonds is 11. The predicted octanol–water partition coefficient (Wildman–Crippen LogP) is 5.48. The number of hydrogen-bond acceptors (Lipinski definition) is 6. The van der Waals surface area contributed by atoms with Crippen LogP contribution in [0.4, 0.5) is 5.95 Å². The van der Waals surface area contributed by atoms with Gasteiger partial charge in [-0.15, -0.1) is 0 Å². The van der Waals surface area contributed by atoms with Crippen LogP contribution in [0.25, 0.3) is 0 Å². The minimum absolute atomic E-state index is 0.357. The maximum Gasteiger partial charge on any atom is 0.243 e. The van der Waals surface area contributed by atoms with E-state index >= 15 is 0 Å². The molecule has 0 spiro atoms. The van der Waals surface area contributed by atoms with E-state index in [-0.39, 0.29) is 0 Å². The smallest absolute Gasteiger partial charge is 0.243 e. The molecule has 0 aliphatic carbocycles. The van der Waals surface area contributed by atoms with E-state index < -0.39 is 0 Å². The Morgan fingerprint density at radius 2 is 1.90 bits per heavy atom. The maximum atomic E-state index is 6.24. The van der Waals surface area contributed by atoms with Crippen molar-refractivity contribution in [2.75, 3.05) is 11.9 Å². The molecule has 0 radical (unpaired) electrons. The van der Waals surface area contributed by atoms with Crippen LogP contribution in [-0.4, -0.2) is 26.8 Å². The number of benzene rings is 2. The molecule has 0 bridgehead atoms. The number of halogens is 2. The maximum absolute atomic E-state index is 6.24. The Kier molecular flexibility index (Phi) is 8.33. The van der Waals surface area contributed by atoms with Crippen molar-refractivity contribution in [3.8, 4) is 11.5 Å². The summed E-state index contributed by atoms with van der Waals surface area (Å²) in [6.45, 7) is 6.30. The number of aryl methyl sites for hydroxylation is 1. The molecule has 0 aliphatic rings. The summed E-state index contributed by atoms with van der Waals surface area (Å²) in [5.41, 5.74) is 1.93. The first-order chi connectivity index (χ1) is 14.6. The van der Waals surface area contributed by atoms with Crippen LogP contribution in [0.2, 0.25) is 5.02 Å². The molecule has 1 N–H and O–H groups in total. The zero-order valence-electron chi connectivity index (χ0n) is 17.1. The molecule has 0 saturated heterocycles. The second-order valence-corrected chi connectivity index (χ2v) is 7.90. The number of nitrogens with zero attached hydrogens (tertiary/aromatic N) is 4. The number of tetrazole rings is 1. The standard InChI is InChI=1S/C21H25BrClN5O2/c1-3-5-10-28-21(25-26-27-28)24-13-16-11-19(29-4-2)20(12-17(16)22)30-14-15-8-6-7-9-18(15)23/h6-9,11-12H,3-5,10,13-14H2,1-2H3,(H,24,25,27). The number of aromatic nitrogens is 4. The van der Waals surface area contributed by atoms with Gasteiger partial charge in [-0.1, -0.05) is 64.2 Å². The number of unbranched alkanes of at least 4 members (excludes halogenated alkanes) is 1. The SMILES string of the molecule is CCCCn1nnnc1NCc1cc(OCC)c(OCc2ccccc2Cl)cc1Br. The number of nitrogens with one attached hydrogen (secondary N) is 1. The van der Waals surface area contributed by atoms with E-state index in [9.17, 15) is 0 Å². The van der Waals surface area contributed by atoms with Gasteiger partial charge in [0.25, 0.3) is 0 Å². The molecule has 0 aliphatic heterocycles. The van der Waals surface area contributed by atoms with E-state index in [0.717, 1.165) is 35.0 Å². The Labute approximate surface area is 189 Å². The second-order valence-electron chi connectivity index (χ2n) is 6.64. The normalized spacial score (nSPS) is 10.8. The molecule has 0 unspecified atom stereocenters. The fourth-order valence-corrected chi connectivity index (χ4v) is 3.48. The van der Waals surface area contributed by atoms with Crippen LogP contribution in [-0.2, 0) is 19.7 Å². The molecule has 1 heterocycles. The topological polar surface area (TPSA) is 74.1 Å². The van der Waals surface area contributed by atoms with Crippen molar-refractivity contribution in [2.24, 2.45) is 0 Å². The van der Waals surface area contributed by atoms with Crippen LogP contribution in [0.5, 0.6) is 11.5 Å². The van der Waals surface area contributed by atoms with Gasteiger partial charge in [-0.25, -0.2) is 4.68 Å². The van der Waals surface area contributed by atoms with E-state index in [4.69, 9.17) is 21.1 Å². The van der Waals surface area contributed by atoms with Gasteiger partial charge in [0.15, 0.2) is 11.5 Å². The van der Waals surface area contributed by atoms with E-state index in [1.54, 1.807) is 4.68 Å². The number of hydrogen-bond donors (Lipinski definition) is 1. The third-order valence-electron chi connectivity index (χ3n) is 4.45. The van der Waals surface area contributed by atoms with Gasteiger partial charge in [0, 0.05) is 28.1 Å². The highest BCUT2D eigenvalue weighted by atomic mass is 79.9. The molecule has 0 amide bonds. The third kappa shape index (κ3) is 5.86. The Morgan fingerprint density at radius 1 is 1.10 bits per heavy atom. The first-order valence-corrected chi connectivity index (χ1v) is 11.1. The number of ether oxygens (including phenoxy) is 2. The summed E-state index contributed by atoms with van der Waals surface area (Å²) in [4.78, 5) is 0. The van der Waals surface area contributed by atoms with Gasteiger partial charge in [-0.2, -0.15) is 0 Å². The van der Waals surface area contributed by atoms with Gasteiger partial charge in [-0.3, -0.25) is 0 Å². The lowest BCUT2D eigenvalue weighted by atomic mass is 10.2. The highest BCUT2D eigenvalue weighted by Crippen LogP contribution is 2.35. The molecular weight excluding hydrogens is 470 g/mol. The van der Waals surface area contributed by atoms with E-state index in [1.807, 2.05) is 43.3 Å². The first-order valence-electron chi connectivity index (χ1n) is 9.93. The Bertz CT molecular complexity index is 966. The molecule has 2 aromatic carbocycles. The molecule has 30 heavy (non-hydrogen) atoms. The van der Waals surface area contributed by atoms with E-state index in [1.165, 1.54) is 0 Å². The second kappa shape index (κ2) is 11.2. The monoisotopic (exact) mass is 493 g/mol. The molecule has 1 aromatic heterocycles. The van der Waals surface area contributed by atoms with Crippen LogP contribution >= 0.6 is 27.5 Å². The zero-order valence-corrected chi connectivity index (χ0v) is 19.4. The summed E-state index contributed by atoms with van der Waals surface area (Å²) >= 11 is 9.87. The molecule has 7 nitrogen and oxygen atoms in total. The summed E-state index contributed by atoms with van der Waals surface area (Å²) in [5, 5.41) is 15.8. The highest BCUT2D eigenvalue weighted by molar-refractivity contribution is 9.10. The predicted molar refractivity (Wildman–Crippen MR) is 121 cm³/mol. The summed E-state index contributed by atoms with van der Waals surface area (Å²) in [6, 6.07) is 11.5. The highest BCUT2D eigenvalue weighted by Gasteiger charge is 2.13. The molecule has 0 atom stereocenters. The molecule has 0 saturated carbocycles. The number of anilines is 1. The fourth-order valence-electron chi connectivity index (χ4n) is 2.83. The molecule has 0 fully saturated rings. The van der Waals surface area contributed by atoms with Crippen molar-refractivity contribution in [1.29, 1.82) is 0 Å². The van der Waals surface area contributed by atoms with Crippen LogP contribution in [0.1, 0.15) is 37.8 Å². The van der Waals surface area contributed by atoms with Crippen LogP contribution in [0.15, 0.2) is 40.9 Å². The van der Waals surface area contributed by atoms with Gasteiger partial charge in [0.05, 0.1) is 6.61 Å². The molecule has 3 rings (SSSR count). The van der Waals surface area contributed by atoms with Crippen molar-refractivity contribution in [3.63, 3.8) is 0 Å². The first kappa shape index (κ1) is 22.4. The Morgan fingerprint density at radius 3 is 2.67 bits per heavy atom. The molecule has 9 heteroatoms. The Hall–Kier alpha value is -2.32. The lowest BCUT2D eigenvalue weighted by molar-refractivity contribution is 0.269. The van der Waals surface area contributed by atoms with Crippen molar-refractivity contribution >= 4 is 33.5 Å². The van der Waals surface area contributed by atoms with Crippen molar-refractivity contribution in [1.82, 2.24) is 20.2 Å². The molecule has 3 aromatic rings. The zero-order chi connectivity index (χ0) is 21.3. The average Bonchev–Trinajstić information content (AvgIpc) is 3.19. The summed E-state index contributed by atoms with van der Waals surface area (Å²) < 4.78 is 14.5. The molecular formula is C21H25BrClN5O2. The lowest BCUT2D eigenvalue weighted by Gasteiger charge is -2.16. The minimum Gasteiger partial charge on any atom is -0.490 e. The van der Waals surface area contributed by atoms with E-state index in [0.29, 0.717) is 42.2 Å². The van der Waals surface area contributed by atoms with Crippen molar-refractivity contribution < 1.29 is 9.47 Å². The quantitative estimate of drug-likeness (QED) is 0.380.